The Morgan fingerprint density at radius 1 is 0.458 bits per heavy atom. The zero-order valence-electron chi connectivity index (χ0n) is 26.8. The zero-order chi connectivity index (χ0) is 33.6. The van der Waals surface area contributed by atoms with Gasteiger partial charge in [0.1, 0.15) is 0 Å². The SMILES string of the molecule is O=C(CCCCCCC(=O)NCCCN1C(=O)c2cccc3cccc(c23)C1=O)NCCCN1C(=O)c2cccc3cccc(c23)C1=O. The summed E-state index contributed by atoms with van der Waals surface area (Å²) in [7, 11) is 0. The zero-order valence-corrected chi connectivity index (χ0v) is 26.8. The molecule has 0 bridgehead atoms. The molecular weight excluding hydrogens is 608 g/mol. The van der Waals surface area contributed by atoms with Gasteiger partial charge in [-0.15, -0.1) is 0 Å². The first-order valence-electron chi connectivity index (χ1n) is 16.6. The topological polar surface area (TPSA) is 133 Å². The summed E-state index contributed by atoms with van der Waals surface area (Å²) in [6.45, 7) is 1.19. The summed E-state index contributed by atoms with van der Waals surface area (Å²) in [5.74, 6) is -1.38. The van der Waals surface area contributed by atoms with E-state index in [2.05, 4.69) is 10.6 Å². The Bertz CT molecular complexity index is 1690. The lowest BCUT2D eigenvalue weighted by Crippen LogP contribution is -2.41. The first kappa shape index (κ1) is 32.6. The van der Waals surface area contributed by atoms with Crippen molar-refractivity contribution in [3.8, 4) is 0 Å². The number of hydrogen-bond acceptors (Lipinski definition) is 6. The molecule has 2 aliphatic heterocycles. The maximum atomic E-state index is 13.0. The predicted molar refractivity (Wildman–Crippen MR) is 182 cm³/mol. The van der Waals surface area contributed by atoms with Crippen molar-refractivity contribution < 1.29 is 28.8 Å². The number of amides is 6. The van der Waals surface area contributed by atoms with Crippen LogP contribution in [0.25, 0.3) is 21.5 Å². The summed E-state index contributed by atoms with van der Waals surface area (Å²) in [5, 5.41) is 8.87. The van der Waals surface area contributed by atoms with Gasteiger partial charge in [0.15, 0.2) is 0 Å². The van der Waals surface area contributed by atoms with Crippen LogP contribution < -0.4 is 10.6 Å². The highest BCUT2D eigenvalue weighted by Crippen LogP contribution is 2.31. The van der Waals surface area contributed by atoms with Gasteiger partial charge >= 0.3 is 0 Å². The molecule has 0 aliphatic carbocycles. The molecule has 0 unspecified atom stereocenters. The lowest BCUT2D eigenvalue weighted by molar-refractivity contribution is -0.122. The van der Waals surface area contributed by atoms with Gasteiger partial charge < -0.3 is 10.6 Å². The number of unbranched alkanes of at least 4 members (excludes halogenated alkanes) is 3. The molecular formula is C38H38N4O6. The summed E-state index contributed by atoms with van der Waals surface area (Å²) < 4.78 is 0. The fourth-order valence-electron chi connectivity index (χ4n) is 6.60. The standard InChI is InChI=1S/C38H38N4O6/c43-31(39-21-9-23-41-35(45)27-15-5-11-25-12-6-16-28(33(25)27)36(41)46)19-3-1-2-4-20-32(44)40-22-10-24-42-37(47)29-17-7-13-26-14-8-18-30(34(26)29)38(42)48/h5-8,11-18H,1-4,9-10,19-24H2,(H,39,43)(H,40,44). The van der Waals surface area contributed by atoms with Crippen LogP contribution in [0, 0.1) is 0 Å². The van der Waals surface area contributed by atoms with Crippen molar-refractivity contribution >= 4 is 57.0 Å². The van der Waals surface area contributed by atoms with Gasteiger partial charge in [0.2, 0.25) is 11.8 Å². The third kappa shape index (κ3) is 6.69. The van der Waals surface area contributed by atoms with E-state index in [4.69, 9.17) is 0 Å². The van der Waals surface area contributed by atoms with Crippen molar-refractivity contribution in [1.82, 2.24) is 20.4 Å². The summed E-state index contributed by atoms with van der Waals surface area (Å²) >= 11 is 0. The second-order valence-electron chi connectivity index (χ2n) is 12.3. The van der Waals surface area contributed by atoms with E-state index in [0.717, 1.165) is 23.6 Å². The normalized spacial score (nSPS) is 13.8. The Kier molecular flexibility index (Phi) is 9.89. The molecule has 0 spiro atoms. The number of nitrogens with zero attached hydrogens (tertiary/aromatic N) is 2. The number of nitrogens with one attached hydrogen (secondary N) is 2. The highest BCUT2D eigenvalue weighted by molar-refractivity contribution is 6.26. The van der Waals surface area contributed by atoms with E-state index in [1.807, 2.05) is 48.5 Å². The van der Waals surface area contributed by atoms with Crippen molar-refractivity contribution in [3.63, 3.8) is 0 Å². The van der Waals surface area contributed by atoms with E-state index < -0.39 is 0 Å². The average molecular weight is 647 g/mol. The highest BCUT2D eigenvalue weighted by atomic mass is 16.2. The molecule has 4 aromatic rings. The van der Waals surface area contributed by atoms with E-state index in [1.54, 1.807) is 24.3 Å². The third-order valence-electron chi connectivity index (χ3n) is 9.03. The smallest absolute Gasteiger partial charge is 0.261 e. The molecule has 0 radical (unpaired) electrons. The van der Waals surface area contributed by atoms with Crippen molar-refractivity contribution in [1.29, 1.82) is 0 Å². The van der Waals surface area contributed by atoms with Crippen LogP contribution in [-0.4, -0.2) is 71.4 Å². The number of carbonyl (C=O) groups excluding carboxylic acids is 6. The molecule has 6 rings (SSSR count). The molecule has 4 aromatic carbocycles. The van der Waals surface area contributed by atoms with Gasteiger partial charge in [-0.05, 0) is 60.7 Å². The lowest BCUT2D eigenvalue weighted by Gasteiger charge is -2.27. The van der Waals surface area contributed by atoms with E-state index in [-0.39, 0.29) is 48.5 Å². The van der Waals surface area contributed by atoms with E-state index >= 15 is 0 Å². The first-order valence-corrected chi connectivity index (χ1v) is 16.6. The number of imide groups is 2. The Labute approximate surface area is 278 Å². The van der Waals surface area contributed by atoms with Crippen molar-refractivity contribution in [2.75, 3.05) is 26.2 Å². The van der Waals surface area contributed by atoms with Crippen LogP contribution in [-0.2, 0) is 9.59 Å². The minimum Gasteiger partial charge on any atom is -0.356 e. The minimum absolute atomic E-state index is 0.0787. The van der Waals surface area contributed by atoms with Crippen LogP contribution in [0.4, 0.5) is 0 Å². The van der Waals surface area contributed by atoms with Gasteiger partial charge in [-0.1, -0.05) is 61.4 Å². The van der Waals surface area contributed by atoms with Crippen LogP contribution in [0.2, 0.25) is 0 Å². The van der Waals surface area contributed by atoms with Crippen molar-refractivity contribution in [2.24, 2.45) is 0 Å². The number of benzene rings is 4. The van der Waals surface area contributed by atoms with Gasteiger partial charge in [0.05, 0.1) is 0 Å². The van der Waals surface area contributed by atoms with Gasteiger partial charge in [0, 0.05) is 72.0 Å². The molecule has 2 N–H and O–H groups in total. The van der Waals surface area contributed by atoms with Crippen LogP contribution >= 0.6 is 0 Å². The fraction of sp³-hybridized carbons (Fsp3) is 0.316. The molecule has 6 amide bonds. The molecule has 0 saturated carbocycles. The second kappa shape index (κ2) is 14.6. The van der Waals surface area contributed by atoms with E-state index in [1.165, 1.54) is 9.80 Å². The third-order valence-corrected chi connectivity index (χ3v) is 9.03. The molecule has 0 fully saturated rings. The van der Waals surface area contributed by atoms with E-state index in [0.29, 0.717) is 84.6 Å². The Balaban J connectivity index is 0.811. The Morgan fingerprint density at radius 2 is 0.792 bits per heavy atom. The molecule has 2 aliphatic rings. The fourth-order valence-corrected chi connectivity index (χ4v) is 6.60. The first-order chi connectivity index (χ1) is 23.3. The summed E-state index contributed by atoms with van der Waals surface area (Å²) in [5.41, 5.74) is 2.10. The molecule has 10 nitrogen and oxygen atoms in total. The largest absolute Gasteiger partial charge is 0.356 e. The summed E-state index contributed by atoms with van der Waals surface area (Å²) in [6, 6.07) is 21.8. The maximum absolute atomic E-state index is 13.0. The van der Waals surface area contributed by atoms with Crippen LogP contribution in [0.5, 0.6) is 0 Å². The van der Waals surface area contributed by atoms with Crippen LogP contribution in [0.3, 0.4) is 0 Å². The Hall–Kier alpha value is -5.38. The van der Waals surface area contributed by atoms with Crippen LogP contribution in [0.15, 0.2) is 72.8 Å². The summed E-state index contributed by atoms with van der Waals surface area (Å²) in [4.78, 5) is 79.1. The average Bonchev–Trinajstić information content (AvgIpc) is 3.10. The van der Waals surface area contributed by atoms with Gasteiger partial charge in [-0.25, -0.2) is 0 Å². The molecule has 0 aromatic heterocycles. The summed E-state index contributed by atoms with van der Waals surface area (Å²) in [6.07, 6.45) is 4.70. The highest BCUT2D eigenvalue weighted by Gasteiger charge is 2.33. The second-order valence-corrected chi connectivity index (χ2v) is 12.3. The molecule has 2 heterocycles. The molecule has 0 saturated heterocycles. The molecule has 246 valence electrons. The lowest BCUT2D eigenvalue weighted by atomic mass is 9.94. The quantitative estimate of drug-likeness (QED) is 0.134. The number of rotatable bonds is 15. The minimum atomic E-state index is -0.306. The molecule has 10 heteroatoms. The van der Waals surface area contributed by atoms with Gasteiger partial charge in [-0.2, -0.15) is 0 Å². The van der Waals surface area contributed by atoms with Crippen molar-refractivity contribution in [3.05, 3.63) is 95.1 Å². The predicted octanol–water partition coefficient (Wildman–Crippen LogP) is 5.24. The molecule has 0 atom stereocenters. The van der Waals surface area contributed by atoms with Crippen molar-refractivity contribution in [2.45, 2.75) is 51.4 Å². The molecule has 48 heavy (non-hydrogen) atoms. The van der Waals surface area contributed by atoms with Crippen LogP contribution in [0.1, 0.15) is 92.8 Å². The van der Waals surface area contributed by atoms with Gasteiger partial charge in [0.25, 0.3) is 23.6 Å². The number of carbonyl (C=O) groups is 6. The number of hydrogen-bond donors (Lipinski definition) is 2. The monoisotopic (exact) mass is 646 g/mol. The Morgan fingerprint density at radius 3 is 1.12 bits per heavy atom. The van der Waals surface area contributed by atoms with Gasteiger partial charge in [-0.3, -0.25) is 38.6 Å². The maximum Gasteiger partial charge on any atom is 0.261 e. The van der Waals surface area contributed by atoms with E-state index in [9.17, 15) is 28.8 Å².